The van der Waals surface area contributed by atoms with Crippen LogP contribution in [0.1, 0.15) is 32.6 Å². The predicted molar refractivity (Wildman–Crippen MR) is 55.9 cm³/mol. The van der Waals surface area contributed by atoms with E-state index >= 15 is 0 Å². The molecule has 14 heavy (non-hydrogen) atoms. The molecule has 2 N–H and O–H groups in total. The molecule has 2 fully saturated rings. The lowest BCUT2D eigenvalue weighted by Crippen LogP contribution is -2.47. The Bertz CT molecular complexity index is 213. The van der Waals surface area contributed by atoms with Crippen LogP contribution in [-0.4, -0.2) is 25.0 Å². The quantitative estimate of drug-likeness (QED) is 0.704. The van der Waals surface area contributed by atoms with Crippen molar-refractivity contribution in [2.24, 2.45) is 11.8 Å². The molecule has 1 saturated carbocycles. The predicted octanol–water partition coefficient (Wildman–Crippen LogP) is 0.901. The number of rotatable bonds is 3. The molecule has 3 nitrogen and oxygen atoms in total. The van der Waals surface area contributed by atoms with E-state index in [1.54, 1.807) is 0 Å². The summed E-state index contributed by atoms with van der Waals surface area (Å²) < 4.78 is 0. The average Bonchev–Trinajstić information content (AvgIpc) is 2.98. The minimum Gasteiger partial charge on any atom is -0.356 e. The standard InChI is InChI=1S/C11H20N2O/c1-8-10(3-2-6-12-8)11(14)13-7-9-4-5-9/h8-10,12H,2-7H2,1H3,(H,13,14)/t8-,10+/m0/s1. The Morgan fingerprint density at radius 3 is 2.86 bits per heavy atom. The average molecular weight is 196 g/mol. The van der Waals surface area contributed by atoms with Crippen molar-refractivity contribution in [1.29, 1.82) is 0 Å². The second-order valence-corrected chi connectivity index (χ2v) is 4.68. The molecule has 0 radical (unpaired) electrons. The van der Waals surface area contributed by atoms with Crippen LogP contribution in [0.4, 0.5) is 0 Å². The Morgan fingerprint density at radius 1 is 1.43 bits per heavy atom. The van der Waals surface area contributed by atoms with Crippen molar-refractivity contribution in [2.75, 3.05) is 13.1 Å². The van der Waals surface area contributed by atoms with E-state index in [0.29, 0.717) is 6.04 Å². The molecule has 80 valence electrons. The van der Waals surface area contributed by atoms with Crippen LogP contribution in [0.5, 0.6) is 0 Å². The molecular formula is C11H20N2O. The van der Waals surface area contributed by atoms with Gasteiger partial charge >= 0.3 is 0 Å². The van der Waals surface area contributed by atoms with E-state index in [1.807, 2.05) is 0 Å². The lowest BCUT2D eigenvalue weighted by Gasteiger charge is -2.28. The highest BCUT2D eigenvalue weighted by molar-refractivity contribution is 5.79. The number of hydrogen-bond donors (Lipinski definition) is 2. The third-order valence-corrected chi connectivity index (χ3v) is 3.36. The molecule has 1 amide bonds. The van der Waals surface area contributed by atoms with E-state index in [-0.39, 0.29) is 11.8 Å². The molecule has 0 aromatic carbocycles. The summed E-state index contributed by atoms with van der Waals surface area (Å²) in [6.45, 7) is 4.08. The monoisotopic (exact) mass is 196 g/mol. The van der Waals surface area contributed by atoms with E-state index in [9.17, 15) is 4.79 Å². The van der Waals surface area contributed by atoms with Crippen LogP contribution in [0, 0.1) is 11.8 Å². The van der Waals surface area contributed by atoms with Crippen LogP contribution in [-0.2, 0) is 4.79 Å². The molecule has 2 atom stereocenters. The molecule has 0 spiro atoms. The lowest BCUT2D eigenvalue weighted by atomic mass is 9.91. The minimum atomic E-state index is 0.197. The van der Waals surface area contributed by atoms with E-state index in [4.69, 9.17) is 0 Å². The zero-order chi connectivity index (χ0) is 9.97. The van der Waals surface area contributed by atoms with Gasteiger partial charge in [-0.2, -0.15) is 0 Å². The van der Waals surface area contributed by atoms with Crippen molar-refractivity contribution >= 4 is 5.91 Å². The lowest BCUT2D eigenvalue weighted by molar-refractivity contribution is -0.126. The minimum absolute atomic E-state index is 0.197. The Hall–Kier alpha value is -0.570. The first kappa shape index (κ1) is 9.97. The van der Waals surface area contributed by atoms with E-state index in [1.165, 1.54) is 12.8 Å². The second kappa shape index (κ2) is 4.30. The van der Waals surface area contributed by atoms with Crippen molar-refractivity contribution < 1.29 is 4.79 Å². The molecular weight excluding hydrogens is 176 g/mol. The van der Waals surface area contributed by atoms with Gasteiger partial charge in [0.15, 0.2) is 0 Å². The van der Waals surface area contributed by atoms with Gasteiger partial charge in [-0.1, -0.05) is 0 Å². The Labute approximate surface area is 85.6 Å². The first-order valence-electron chi connectivity index (χ1n) is 5.78. The molecule has 1 heterocycles. The SMILES string of the molecule is C[C@@H]1NCCC[C@H]1C(=O)NCC1CC1. The molecule has 1 aliphatic heterocycles. The van der Waals surface area contributed by atoms with Crippen molar-refractivity contribution in [3.63, 3.8) is 0 Å². The highest BCUT2D eigenvalue weighted by Gasteiger charge is 2.29. The summed E-state index contributed by atoms with van der Waals surface area (Å²) in [5, 5.41) is 6.42. The Kier molecular flexibility index (Phi) is 3.06. The Balaban J connectivity index is 1.76. The summed E-state index contributed by atoms with van der Waals surface area (Å²) >= 11 is 0. The second-order valence-electron chi connectivity index (χ2n) is 4.68. The first-order chi connectivity index (χ1) is 6.77. The maximum Gasteiger partial charge on any atom is 0.224 e. The number of nitrogens with one attached hydrogen (secondary N) is 2. The number of carbonyl (C=O) groups excluding carboxylic acids is 1. The molecule has 0 unspecified atom stereocenters. The van der Waals surface area contributed by atoms with E-state index in [0.717, 1.165) is 31.8 Å². The molecule has 0 bridgehead atoms. The van der Waals surface area contributed by atoms with Gasteiger partial charge in [0.25, 0.3) is 0 Å². The van der Waals surface area contributed by atoms with Crippen LogP contribution in [0.25, 0.3) is 0 Å². The summed E-state index contributed by atoms with van der Waals surface area (Å²) in [6, 6.07) is 0.350. The molecule has 2 aliphatic rings. The maximum absolute atomic E-state index is 11.8. The summed E-state index contributed by atoms with van der Waals surface area (Å²) in [5.74, 6) is 1.24. The number of hydrogen-bond acceptors (Lipinski definition) is 2. The number of carbonyl (C=O) groups is 1. The normalized spacial score (nSPS) is 32.6. The van der Waals surface area contributed by atoms with E-state index < -0.39 is 0 Å². The van der Waals surface area contributed by atoms with Crippen molar-refractivity contribution in [1.82, 2.24) is 10.6 Å². The highest BCUT2D eigenvalue weighted by atomic mass is 16.1. The van der Waals surface area contributed by atoms with Crippen LogP contribution < -0.4 is 10.6 Å². The molecule has 0 aromatic heterocycles. The number of amides is 1. The van der Waals surface area contributed by atoms with Gasteiger partial charge in [-0.3, -0.25) is 4.79 Å². The number of piperidine rings is 1. The van der Waals surface area contributed by atoms with Crippen LogP contribution in [0.2, 0.25) is 0 Å². The van der Waals surface area contributed by atoms with Crippen LogP contribution >= 0.6 is 0 Å². The maximum atomic E-state index is 11.8. The van der Waals surface area contributed by atoms with Gasteiger partial charge in [0.1, 0.15) is 0 Å². The zero-order valence-corrected chi connectivity index (χ0v) is 8.88. The molecule has 0 aromatic rings. The highest BCUT2D eigenvalue weighted by Crippen LogP contribution is 2.27. The topological polar surface area (TPSA) is 41.1 Å². The fraction of sp³-hybridized carbons (Fsp3) is 0.909. The largest absolute Gasteiger partial charge is 0.356 e. The van der Waals surface area contributed by atoms with Crippen molar-refractivity contribution in [3.8, 4) is 0 Å². The fourth-order valence-electron chi connectivity index (χ4n) is 2.10. The third kappa shape index (κ3) is 2.47. The van der Waals surface area contributed by atoms with Gasteiger partial charge in [-0.25, -0.2) is 0 Å². The third-order valence-electron chi connectivity index (χ3n) is 3.36. The zero-order valence-electron chi connectivity index (χ0n) is 8.88. The van der Waals surface area contributed by atoms with Crippen LogP contribution in [0.3, 0.4) is 0 Å². The first-order valence-corrected chi connectivity index (χ1v) is 5.78. The fourth-order valence-corrected chi connectivity index (χ4v) is 2.10. The molecule has 2 rings (SSSR count). The van der Waals surface area contributed by atoms with Crippen molar-refractivity contribution in [2.45, 2.75) is 38.6 Å². The summed E-state index contributed by atoms with van der Waals surface area (Å²) in [5.41, 5.74) is 0. The van der Waals surface area contributed by atoms with Crippen LogP contribution in [0.15, 0.2) is 0 Å². The Morgan fingerprint density at radius 2 is 2.21 bits per heavy atom. The van der Waals surface area contributed by atoms with Gasteiger partial charge < -0.3 is 10.6 Å². The summed E-state index contributed by atoms with van der Waals surface area (Å²) in [4.78, 5) is 11.8. The summed E-state index contributed by atoms with van der Waals surface area (Å²) in [7, 11) is 0. The smallest absolute Gasteiger partial charge is 0.224 e. The van der Waals surface area contributed by atoms with Gasteiger partial charge in [-0.05, 0) is 45.1 Å². The molecule has 3 heteroatoms. The summed E-state index contributed by atoms with van der Waals surface area (Å²) in [6.07, 6.45) is 4.79. The van der Waals surface area contributed by atoms with Crippen molar-refractivity contribution in [3.05, 3.63) is 0 Å². The van der Waals surface area contributed by atoms with E-state index in [2.05, 4.69) is 17.6 Å². The van der Waals surface area contributed by atoms with Gasteiger partial charge in [0, 0.05) is 12.6 Å². The van der Waals surface area contributed by atoms with Gasteiger partial charge in [0.2, 0.25) is 5.91 Å². The van der Waals surface area contributed by atoms with Gasteiger partial charge in [0.05, 0.1) is 5.92 Å². The molecule has 1 aliphatic carbocycles. The molecule has 1 saturated heterocycles. The van der Waals surface area contributed by atoms with Gasteiger partial charge in [-0.15, -0.1) is 0 Å².